The molecule has 3 aliphatic heterocycles. The van der Waals surface area contributed by atoms with E-state index in [0.29, 0.717) is 32.2 Å². The normalized spacial score (nSPS) is 20.0. The molecule has 15 heteroatoms. The number of carbonyl (C=O) groups excluding carboxylic acids is 1. The third kappa shape index (κ3) is 6.31. The predicted octanol–water partition coefficient (Wildman–Crippen LogP) is 2.25. The lowest BCUT2D eigenvalue weighted by Crippen LogP contribution is -2.55. The molecule has 1 aromatic heterocycles. The standard InChI is InChI=1S/C30H34ClN9O4S/c1-19(21-8-5-9-22(16-21)45(42,43)40-14-15-44-23(17-40)20-6-3-2-4-7-20)39-12-10-30(11-13-39)18-34-29(38-30)37-28(41)24-26(32)36-27(33)25(31)35-24/h2-9,16,23H,1,10-15,17-18H2,(H4,32,33,36)(H2,34,37,38,41). The number of nitrogen functional groups attached to an aromatic ring is 2. The third-order valence-corrected chi connectivity index (χ3v) is 10.5. The number of benzene rings is 2. The summed E-state index contributed by atoms with van der Waals surface area (Å²) in [4.78, 5) is 27.4. The van der Waals surface area contributed by atoms with Gasteiger partial charge in [0.05, 0.1) is 29.7 Å². The number of rotatable bonds is 6. The number of aliphatic imine (C=N–C) groups is 1. The van der Waals surface area contributed by atoms with Gasteiger partial charge in [-0.2, -0.15) is 4.31 Å². The minimum absolute atomic E-state index is 0.0585. The highest BCUT2D eigenvalue weighted by atomic mass is 35.5. The van der Waals surface area contributed by atoms with Crippen LogP contribution in [0.1, 0.15) is 40.6 Å². The molecular formula is C30H34ClN9O4S. The molecule has 2 aromatic carbocycles. The molecule has 13 nitrogen and oxygen atoms in total. The van der Waals surface area contributed by atoms with Crippen LogP contribution in [0.3, 0.4) is 0 Å². The number of amides is 1. The second-order valence-corrected chi connectivity index (χ2v) is 13.5. The van der Waals surface area contributed by atoms with E-state index in [1.165, 1.54) is 4.31 Å². The number of halogens is 1. The second-order valence-electron chi connectivity index (χ2n) is 11.3. The van der Waals surface area contributed by atoms with Crippen molar-refractivity contribution in [2.75, 3.05) is 50.8 Å². The number of hydrogen-bond donors (Lipinski definition) is 4. The molecule has 1 atom stereocenters. The Balaban J connectivity index is 1.07. The highest BCUT2D eigenvalue weighted by molar-refractivity contribution is 7.89. The molecule has 6 N–H and O–H groups in total. The molecule has 0 saturated carbocycles. The summed E-state index contributed by atoms with van der Waals surface area (Å²) in [5, 5.41) is 5.93. The zero-order valence-electron chi connectivity index (χ0n) is 24.4. The van der Waals surface area contributed by atoms with Crippen LogP contribution in [0.2, 0.25) is 5.15 Å². The van der Waals surface area contributed by atoms with Gasteiger partial charge in [-0.15, -0.1) is 0 Å². The number of anilines is 2. The summed E-state index contributed by atoms with van der Waals surface area (Å²) in [5.41, 5.74) is 13.4. The van der Waals surface area contributed by atoms with Crippen LogP contribution in [0.25, 0.3) is 5.70 Å². The van der Waals surface area contributed by atoms with Crippen molar-refractivity contribution in [1.29, 1.82) is 0 Å². The summed E-state index contributed by atoms with van der Waals surface area (Å²) >= 11 is 5.91. The monoisotopic (exact) mass is 651 g/mol. The number of likely N-dealkylation sites (tertiary alicyclic amines) is 1. The van der Waals surface area contributed by atoms with Crippen LogP contribution in [-0.2, 0) is 14.8 Å². The van der Waals surface area contributed by atoms with Gasteiger partial charge in [-0.3, -0.25) is 15.1 Å². The molecule has 0 radical (unpaired) electrons. The van der Waals surface area contributed by atoms with Gasteiger partial charge >= 0.3 is 0 Å². The van der Waals surface area contributed by atoms with E-state index < -0.39 is 15.9 Å². The molecule has 0 aliphatic carbocycles. The predicted molar refractivity (Wildman–Crippen MR) is 172 cm³/mol. The van der Waals surface area contributed by atoms with E-state index in [4.69, 9.17) is 27.8 Å². The van der Waals surface area contributed by atoms with Gasteiger partial charge in [0.1, 0.15) is 0 Å². The summed E-state index contributed by atoms with van der Waals surface area (Å²) in [6.07, 6.45) is 1.12. The molecule has 3 aromatic rings. The van der Waals surface area contributed by atoms with E-state index in [2.05, 4.69) is 37.1 Å². The number of nitrogens with zero attached hydrogens (tertiary/aromatic N) is 5. The van der Waals surface area contributed by atoms with Crippen molar-refractivity contribution in [2.45, 2.75) is 29.4 Å². The van der Waals surface area contributed by atoms with E-state index >= 15 is 0 Å². The van der Waals surface area contributed by atoms with Crippen molar-refractivity contribution in [2.24, 2.45) is 4.99 Å². The van der Waals surface area contributed by atoms with Crippen LogP contribution in [-0.4, -0.2) is 84.3 Å². The first kappa shape index (κ1) is 30.8. The van der Waals surface area contributed by atoms with Crippen molar-refractivity contribution in [3.05, 3.63) is 83.2 Å². The number of sulfonamides is 1. The fraction of sp³-hybridized carbons (Fsp3) is 0.333. The topological polar surface area (TPSA) is 181 Å². The Morgan fingerprint density at radius 1 is 1.07 bits per heavy atom. The first-order valence-corrected chi connectivity index (χ1v) is 16.3. The molecule has 236 valence electrons. The van der Waals surface area contributed by atoms with E-state index in [-0.39, 0.29) is 52.1 Å². The fourth-order valence-corrected chi connectivity index (χ4v) is 7.37. The Hall–Kier alpha value is -4.24. The van der Waals surface area contributed by atoms with Crippen LogP contribution in [0, 0.1) is 0 Å². The second kappa shape index (κ2) is 12.3. The molecule has 0 bridgehead atoms. The zero-order chi connectivity index (χ0) is 31.8. The maximum absolute atomic E-state index is 13.7. The maximum Gasteiger partial charge on any atom is 0.280 e. The highest BCUT2D eigenvalue weighted by Gasteiger charge is 2.40. The van der Waals surface area contributed by atoms with E-state index in [9.17, 15) is 13.2 Å². The van der Waals surface area contributed by atoms with Crippen molar-refractivity contribution >= 4 is 50.8 Å². The van der Waals surface area contributed by atoms with Gasteiger partial charge in [0.2, 0.25) is 10.0 Å². The zero-order valence-corrected chi connectivity index (χ0v) is 26.0. The number of nitrogens with one attached hydrogen (secondary N) is 2. The summed E-state index contributed by atoms with van der Waals surface area (Å²) in [6, 6.07) is 16.6. The van der Waals surface area contributed by atoms with Crippen molar-refractivity contribution in [3.8, 4) is 0 Å². The Morgan fingerprint density at radius 2 is 1.82 bits per heavy atom. The van der Waals surface area contributed by atoms with Crippen LogP contribution in [0.4, 0.5) is 11.6 Å². The van der Waals surface area contributed by atoms with Crippen molar-refractivity contribution in [3.63, 3.8) is 0 Å². The molecule has 1 spiro atoms. The Bertz CT molecular complexity index is 1760. The number of hydrogen-bond acceptors (Lipinski definition) is 11. The number of ether oxygens (including phenoxy) is 1. The summed E-state index contributed by atoms with van der Waals surface area (Å²) < 4.78 is 34.7. The third-order valence-electron chi connectivity index (χ3n) is 8.38. The van der Waals surface area contributed by atoms with Gasteiger partial charge in [0.25, 0.3) is 5.91 Å². The molecule has 2 saturated heterocycles. The number of aromatic nitrogens is 2. The van der Waals surface area contributed by atoms with Gasteiger partial charge < -0.3 is 26.4 Å². The minimum Gasteiger partial charge on any atom is -0.382 e. The summed E-state index contributed by atoms with van der Waals surface area (Å²) in [6.45, 7) is 6.96. The Kier molecular flexibility index (Phi) is 8.39. The van der Waals surface area contributed by atoms with E-state index in [1.54, 1.807) is 18.2 Å². The molecule has 6 rings (SSSR count). The quantitative estimate of drug-likeness (QED) is 0.309. The van der Waals surface area contributed by atoms with Gasteiger partial charge in [-0.1, -0.05) is 60.6 Å². The summed E-state index contributed by atoms with van der Waals surface area (Å²) in [5.74, 6) is -0.472. The van der Waals surface area contributed by atoms with Gasteiger partial charge in [0, 0.05) is 31.9 Å². The SMILES string of the molecule is C=C(c1cccc(S(=O)(=O)N2CCOC(c3ccccc3)C2)c1)N1CCC2(CC1)CN=C(NC(=O)c1nc(Cl)c(N)nc1N)N2. The lowest BCUT2D eigenvalue weighted by atomic mass is 9.88. The average Bonchev–Trinajstić information content (AvgIpc) is 3.44. The molecule has 4 heterocycles. The van der Waals surface area contributed by atoms with E-state index in [1.807, 2.05) is 36.4 Å². The number of piperidine rings is 1. The molecule has 1 unspecified atom stereocenters. The molecule has 45 heavy (non-hydrogen) atoms. The fourth-order valence-electron chi connectivity index (χ4n) is 5.78. The van der Waals surface area contributed by atoms with Gasteiger partial charge in [0.15, 0.2) is 28.4 Å². The first-order chi connectivity index (χ1) is 21.5. The van der Waals surface area contributed by atoms with Crippen LogP contribution >= 0.6 is 11.6 Å². The van der Waals surface area contributed by atoms with Crippen LogP contribution in [0.15, 0.2) is 71.1 Å². The Labute approximate surface area is 266 Å². The van der Waals surface area contributed by atoms with Gasteiger partial charge in [-0.25, -0.2) is 18.4 Å². The summed E-state index contributed by atoms with van der Waals surface area (Å²) in [7, 11) is -3.75. The molecule has 3 aliphatic rings. The average molecular weight is 652 g/mol. The van der Waals surface area contributed by atoms with Crippen LogP contribution < -0.4 is 22.1 Å². The number of nitrogens with two attached hydrogens (primary N) is 2. The van der Waals surface area contributed by atoms with E-state index in [0.717, 1.165) is 29.7 Å². The maximum atomic E-state index is 13.7. The lowest BCUT2D eigenvalue weighted by Gasteiger charge is -2.41. The molecule has 2 fully saturated rings. The highest BCUT2D eigenvalue weighted by Crippen LogP contribution is 2.32. The Morgan fingerprint density at radius 3 is 2.58 bits per heavy atom. The minimum atomic E-state index is -3.75. The largest absolute Gasteiger partial charge is 0.382 e. The van der Waals surface area contributed by atoms with Crippen molar-refractivity contribution < 1.29 is 17.9 Å². The first-order valence-electron chi connectivity index (χ1n) is 14.5. The van der Waals surface area contributed by atoms with Gasteiger partial charge in [-0.05, 0) is 36.1 Å². The smallest absolute Gasteiger partial charge is 0.280 e. The lowest BCUT2D eigenvalue weighted by molar-refractivity contribution is -0.00255. The molecular weight excluding hydrogens is 618 g/mol. The number of carbonyl (C=O) groups is 1. The number of guanidine groups is 1. The molecule has 1 amide bonds. The van der Waals surface area contributed by atoms with Crippen LogP contribution in [0.5, 0.6) is 0 Å². The number of morpholine rings is 1. The van der Waals surface area contributed by atoms with Crippen molar-refractivity contribution in [1.82, 2.24) is 29.8 Å².